The van der Waals surface area contributed by atoms with Crippen LogP contribution >= 0.6 is 0 Å². The monoisotopic (exact) mass is 302 g/mol. The molecule has 0 unspecified atom stereocenters. The molecule has 1 heterocycles. The minimum atomic E-state index is 0.385. The molecule has 0 spiro atoms. The molecule has 4 nitrogen and oxygen atoms in total. The molecule has 0 fully saturated rings. The Labute approximate surface area is 136 Å². The zero-order chi connectivity index (χ0) is 16.1. The van der Waals surface area contributed by atoms with Crippen LogP contribution in [-0.2, 0) is 13.0 Å². The van der Waals surface area contributed by atoms with Crippen molar-refractivity contribution in [2.24, 2.45) is 0 Å². The third-order valence-electron chi connectivity index (χ3n) is 3.81. The fraction of sp³-hybridized carbons (Fsp3) is 0.211. The number of hydrogen-bond acceptors (Lipinski definition) is 3. The van der Waals surface area contributed by atoms with Gasteiger partial charge in [0, 0.05) is 12.1 Å². The van der Waals surface area contributed by atoms with E-state index in [4.69, 9.17) is 0 Å². The van der Waals surface area contributed by atoms with Gasteiger partial charge in [0.05, 0.1) is 0 Å². The highest BCUT2D eigenvalue weighted by Gasteiger charge is 2.14. The minimum Gasteiger partial charge on any atom is -0.243 e. The third kappa shape index (κ3) is 3.46. The Hall–Kier alpha value is -2.93. The summed E-state index contributed by atoms with van der Waals surface area (Å²) in [7, 11) is 0. The molecule has 0 aliphatic rings. The summed E-state index contributed by atoms with van der Waals surface area (Å²) >= 11 is 0. The summed E-state index contributed by atoms with van der Waals surface area (Å²) in [4.78, 5) is 0. The van der Waals surface area contributed by atoms with E-state index < -0.39 is 0 Å². The molecular weight excluding hydrogens is 284 g/mol. The molecule has 0 amide bonds. The van der Waals surface area contributed by atoms with E-state index in [9.17, 15) is 5.26 Å². The van der Waals surface area contributed by atoms with E-state index in [2.05, 4.69) is 46.7 Å². The standard InChI is InChI=1S/C19H18N4/c1-15-7-5-11-17(13-15)19-18(14-20)21-22-23(19)12-6-10-16-8-3-2-4-9-16/h2-5,7-9,11,13H,6,10,12H2,1H3. The molecule has 2 aromatic carbocycles. The van der Waals surface area contributed by atoms with E-state index in [1.165, 1.54) is 5.56 Å². The highest BCUT2D eigenvalue weighted by atomic mass is 15.4. The molecule has 0 saturated carbocycles. The van der Waals surface area contributed by atoms with Gasteiger partial charge in [-0.1, -0.05) is 59.3 Å². The van der Waals surface area contributed by atoms with Crippen LogP contribution in [0, 0.1) is 18.3 Å². The van der Waals surface area contributed by atoms with Crippen molar-refractivity contribution < 1.29 is 0 Å². The van der Waals surface area contributed by atoms with Crippen molar-refractivity contribution in [1.29, 1.82) is 5.26 Å². The van der Waals surface area contributed by atoms with Crippen LogP contribution in [0.3, 0.4) is 0 Å². The van der Waals surface area contributed by atoms with E-state index in [0.29, 0.717) is 5.69 Å². The number of benzene rings is 2. The average molecular weight is 302 g/mol. The normalized spacial score (nSPS) is 10.4. The zero-order valence-electron chi connectivity index (χ0n) is 13.1. The fourth-order valence-corrected chi connectivity index (χ4v) is 2.70. The Morgan fingerprint density at radius 1 is 1.09 bits per heavy atom. The first-order valence-corrected chi connectivity index (χ1v) is 7.72. The second-order valence-electron chi connectivity index (χ2n) is 5.58. The van der Waals surface area contributed by atoms with Gasteiger partial charge < -0.3 is 0 Å². The van der Waals surface area contributed by atoms with E-state index in [1.807, 2.05) is 35.9 Å². The summed E-state index contributed by atoms with van der Waals surface area (Å²) in [5.41, 5.74) is 4.65. The van der Waals surface area contributed by atoms with Gasteiger partial charge in [0.15, 0.2) is 5.69 Å². The quantitative estimate of drug-likeness (QED) is 0.721. The molecule has 1 aromatic heterocycles. The maximum atomic E-state index is 9.30. The van der Waals surface area contributed by atoms with E-state index >= 15 is 0 Å². The topological polar surface area (TPSA) is 54.5 Å². The van der Waals surface area contributed by atoms with Crippen molar-refractivity contribution in [2.45, 2.75) is 26.3 Å². The third-order valence-corrected chi connectivity index (χ3v) is 3.81. The summed E-state index contributed by atoms with van der Waals surface area (Å²) in [5.74, 6) is 0. The Kier molecular flexibility index (Phi) is 4.49. The molecule has 0 radical (unpaired) electrons. The van der Waals surface area contributed by atoms with Crippen molar-refractivity contribution in [3.8, 4) is 17.3 Å². The van der Waals surface area contributed by atoms with Crippen LogP contribution in [0.4, 0.5) is 0 Å². The smallest absolute Gasteiger partial charge is 0.190 e. The molecule has 3 rings (SSSR count). The molecule has 0 aliphatic carbocycles. The SMILES string of the molecule is Cc1cccc(-c2c(C#N)nnn2CCCc2ccccc2)c1. The van der Waals surface area contributed by atoms with Gasteiger partial charge in [0.1, 0.15) is 11.8 Å². The summed E-state index contributed by atoms with van der Waals surface area (Å²) in [5, 5.41) is 17.5. The summed E-state index contributed by atoms with van der Waals surface area (Å²) in [6, 6.07) is 20.6. The van der Waals surface area contributed by atoms with Crippen LogP contribution in [0.25, 0.3) is 11.3 Å². The van der Waals surface area contributed by atoms with Crippen LogP contribution in [-0.4, -0.2) is 15.0 Å². The van der Waals surface area contributed by atoms with Crippen molar-refractivity contribution >= 4 is 0 Å². The van der Waals surface area contributed by atoms with Crippen LogP contribution in [0.5, 0.6) is 0 Å². The zero-order valence-corrected chi connectivity index (χ0v) is 13.1. The Morgan fingerprint density at radius 3 is 2.65 bits per heavy atom. The Balaban J connectivity index is 1.80. The second kappa shape index (κ2) is 6.89. The van der Waals surface area contributed by atoms with Gasteiger partial charge in [-0.2, -0.15) is 5.26 Å². The first-order valence-electron chi connectivity index (χ1n) is 7.72. The number of aromatic nitrogens is 3. The van der Waals surface area contributed by atoms with Gasteiger partial charge in [-0.15, -0.1) is 5.10 Å². The lowest BCUT2D eigenvalue weighted by molar-refractivity contribution is 0.563. The van der Waals surface area contributed by atoms with Crippen molar-refractivity contribution in [3.05, 3.63) is 71.4 Å². The Bertz CT molecular complexity index is 828. The molecule has 0 bridgehead atoms. The predicted octanol–water partition coefficient (Wildman–Crippen LogP) is 3.76. The molecule has 0 saturated heterocycles. The first kappa shape index (κ1) is 15.0. The van der Waals surface area contributed by atoms with Crippen LogP contribution in [0.15, 0.2) is 54.6 Å². The lowest BCUT2D eigenvalue weighted by atomic mass is 10.1. The van der Waals surface area contributed by atoms with E-state index in [1.54, 1.807) is 0 Å². The largest absolute Gasteiger partial charge is 0.243 e. The molecule has 3 aromatic rings. The predicted molar refractivity (Wildman–Crippen MR) is 89.7 cm³/mol. The number of rotatable bonds is 5. The van der Waals surface area contributed by atoms with E-state index in [0.717, 1.165) is 36.2 Å². The minimum absolute atomic E-state index is 0.385. The molecule has 0 atom stereocenters. The van der Waals surface area contributed by atoms with Crippen molar-refractivity contribution in [3.63, 3.8) is 0 Å². The highest BCUT2D eigenvalue weighted by Crippen LogP contribution is 2.23. The Morgan fingerprint density at radius 2 is 1.91 bits per heavy atom. The molecule has 114 valence electrons. The lowest BCUT2D eigenvalue weighted by Crippen LogP contribution is -2.04. The van der Waals surface area contributed by atoms with Crippen molar-refractivity contribution in [1.82, 2.24) is 15.0 Å². The van der Waals surface area contributed by atoms with Crippen LogP contribution < -0.4 is 0 Å². The van der Waals surface area contributed by atoms with E-state index in [-0.39, 0.29) is 0 Å². The summed E-state index contributed by atoms with van der Waals surface area (Å²) in [6.07, 6.45) is 1.94. The number of hydrogen-bond donors (Lipinski definition) is 0. The van der Waals surface area contributed by atoms with Crippen LogP contribution in [0.2, 0.25) is 0 Å². The highest BCUT2D eigenvalue weighted by molar-refractivity contribution is 5.65. The number of nitriles is 1. The molecule has 4 heteroatoms. The second-order valence-corrected chi connectivity index (χ2v) is 5.58. The maximum Gasteiger partial charge on any atom is 0.190 e. The van der Waals surface area contributed by atoms with Gasteiger partial charge in [-0.05, 0) is 31.4 Å². The molecule has 23 heavy (non-hydrogen) atoms. The summed E-state index contributed by atoms with van der Waals surface area (Å²) in [6.45, 7) is 2.78. The van der Waals surface area contributed by atoms with Gasteiger partial charge in [0.2, 0.25) is 0 Å². The van der Waals surface area contributed by atoms with Gasteiger partial charge >= 0.3 is 0 Å². The summed E-state index contributed by atoms with van der Waals surface area (Å²) < 4.78 is 1.84. The van der Waals surface area contributed by atoms with Gasteiger partial charge in [0.25, 0.3) is 0 Å². The maximum absolute atomic E-state index is 9.30. The van der Waals surface area contributed by atoms with Gasteiger partial charge in [-0.3, -0.25) is 0 Å². The first-order chi connectivity index (χ1) is 11.3. The number of nitrogens with zero attached hydrogens (tertiary/aromatic N) is 4. The van der Waals surface area contributed by atoms with Gasteiger partial charge in [-0.25, -0.2) is 4.68 Å². The number of aryl methyl sites for hydroxylation is 3. The molecular formula is C19H18N4. The van der Waals surface area contributed by atoms with Crippen molar-refractivity contribution in [2.75, 3.05) is 0 Å². The fourth-order valence-electron chi connectivity index (χ4n) is 2.70. The molecule has 0 aliphatic heterocycles. The van der Waals surface area contributed by atoms with Crippen LogP contribution in [0.1, 0.15) is 23.2 Å². The lowest BCUT2D eigenvalue weighted by Gasteiger charge is -2.07. The molecule has 0 N–H and O–H groups in total. The average Bonchev–Trinajstić information content (AvgIpc) is 2.99.